The molecule has 0 saturated carbocycles. The maximum atomic E-state index is 11.1. The number of sulfone groups is 1. The number of aliphatic imine (C=N–C) groups is 1. The molecule has 1 aromatic rings. The average molecular weight is 460 g/mol. The summed E-state index contributed by atoms with van der Waals surface area (Å²) >= 11 is 5.86. The molecule has 5 nitrogen and oxygen atoms in total. The second-order valence-electron chi connectivity index (χ2n) is 4.94. The lowest BCUT2D eigenvalue weighted by Crippen LogP contribution is -2.39. The van der Waals surface area contributed by atoms with Gasteiger partial charge in [-0.1, -0.05) is 23.7 Å². The number of benzene rings is 1. The van der Waals surface area contributed by atoms with E-state index in [2.05, 4.69) is 10.3 Å². The summed E-state index contributed by atoms with van der Waals surface area (Å²) in [6.07, 6.45) is 1.81. The quantitative estimate of drug-likeness (QED) is 0.307. The molecule has 0 atom stereocenters. The first-order chi connectivity index (χ1) is 9.81. The fourth-order valence-corrected chi connectivity index (χ4v) is 2.65. The number of rotatable bonds is 6. The summed E-state index contributed by atoms with van der Waals surface area (Å²) < 4.78 is 22.1. The van der Waals surface area contributed by atoms with Crippen LogP contribution in [0.4, 0.5) is 0 Å². The van der Waals surface area contributed by atoms with Gasteiger partial charge < -0.3 is 10.2 Å². The van der Waals surface area contributed by atoms with Crippen molar-refractivity contribution >= 4 is 51.4 Å². The normalized spacial score (nSPS) is 11.7. The number of nitrogens with one attached hydrogen (secondary N) is 1. The third kappa shape index (κ3) is 8.79. The highest BCUT2D eigenvalue weighted by atomic mass is 127. The van der Waals surface area contributed by atoms with Crippen LogP contribution in [-0.4, -0.2) is 51.9 Å². The summed E-state index contributed by atoms with van der Waals surface area (Å²) in [6, 6.07) is 7.64. The smallest absolute Gasteiger partial charge is 0.193 e. The fraction of sp³-hybridized carbons (Fsp3) is 0.500. The minimum absolute atomic E-state index is 0. The number of hydrogen-bond donors (Lipinski definition) is 1. The molecule has 1 N–H and O–H groups in total. The van der Waals surface area contributed by atoms with Crippen molar-refractivity contribution in [1.29, 1.82) is 0 Å². The summed E-state index contributed by atoms with van der Waals surface area (Å²) in [4.78, 5) is 6.17. The lowest BCUT2D eigenvalue weighted by atomic mass is 10.2. The molecule has 0 fully saturated rings. The molecule has 1 rings (SSSR count). The second kappa shape index (κ2) is 10.3. The lowest BCUT2D eigenvalue weighted by Gasteiger charge is -2.22. The van der Waals surface area contributed by atoms with Crippen LogP contribution in [0.5, 0.6) is 0 Å². The van der Waals surface area contributed by atoms with E-state index in [1.807, 2.05) is 36.2 Å². The molecule has 1 aromatic carbocycles. The molecule has 0 aliphatic carbocycles. The van der Waals surface area contributed by atoms with Crippen LogP contribution in [0.2, 0.25) is 5.02 Å². The topological polar surface area (TPSA) is 61.8 Å². The Kier molecular flexibility index (Phi) is 10.0. The fourth-order valence-electron chi connectivity index (χ4n) is 1.86. The molecule has 0 spiro atoms. The van der Waals surface area contributed by atoms with E-state index >= 15 is 0 Å². The van der Waals surface area contributed by atoms with Gasteiger partial charge >= 0.3 is 0 Å². The standard InChI is InChI=1S/C14H22ClN3O2S.HI/c1-16-14(17-9-4-10-21(3,19)20)18(2)11-12-5-7-13(15)8-6-12;/h5-8H,4,9-11H2,1-3H3,(H,16,17);1H. The Morgan fingerprint density at radius 2 is 1.91 bits per heavy atom. The van der Waals surface area contributed by atoms with Gasteiger partial charge in [0.15, 0.2) is 5.96 Å². The molecule has 126 valence electrons. The third-order valence-corrected chi connectivity index (χ3v) is 4.16. The number of nitrogens with zero attached hydrogens (tertiary/aromatic N) is 2. The molecule has 8 heteroatoms. The zero-order valence-electron chi connectivity index (χ0n) is 13.0. The Morgan fingerprint density at radius 1 is 1.32 bits per heavy atom. The van der Waals surface area contributed by atoms with Gasteiger partial charge in [0.25, 0.3) is 0 Å². The van der Waals surface area contributed by atoms with Gasteiger partial charge in [0.1, 0.15) is 9.84 Å². The summed E-state index contributed by atoms with van der Waals surface area (Å²) in [7, 11) is 0.729. The lowest BCUT2D eigenvalue weighted by molar-refractivity contribution is 0.476. The van der Waals surface area contributed by atoms with Gasteiger partial charge in [0.2, 0.25) is 0 Å². The van der Waals surface area contributed by atoms with Crippen LogP contribution in [0.1, 0.15) is 12.0 Å². The third-order valence-electron chi connectivity index (χ3n) is 2.88. The molecule has 0 amide bonds. The highest BCUT2D eigenvalue weighted by Crippen LogP contribution is 2.10. The Hall–Kier alpha value is -0.540. The van der Waals surface area contributed by atoms with Crippen LogP contribution in [0.15, 0.2) is 29.3 Å². The van der Waals surface area contributed by atoms with E-state index in [9.17, 15) is 8.42 Å². The van der Waals surface area contributed by atoms with Crippen LogP contribution in [0, 0.1) is 0 Å². The van der Waals surface area contributed by atoms with Crippen LogP contribution in [-0.2, 0) is 16.4 Å². The highest BCUT2D eigenvalue weighted by Gasteiger charge is 2.07. The van der Waals surface area contributed by atoms with Crippen molar-refractivity contribution in [2.24, 2.45) is 4.99 Å². The van der Waals surface area contributed by atoms with E-state index in [1.165, 1.54) is 6.26 Å². The summed E-state index contributed by atoms with van der Waals surface area (Å²) in [5.41, 5.74) is 1.13. The zero-order chi connectivity index (χ0) is 15.9. The van der Waals surface area contributed by atoms with Crippen LogP contribution in [0.25, 0.3) is 0 Å². The van der Waals surface area contributed by atoms with Crippen molar-refractivity contribution in [2.45, 2.75) is 13.0 Å². The summed E-state index contributed by atoms with van der Waals surface area (Å²) in [5, 5.41) is 3.87. The first-order valence-electron chi connectivity index (χ1n) is 6.66. The minimum atomic E-state index is -2.91. The Balaban J connectivity index is 0.00000441. The van der Waals surface area contributed by atoms with Crippen molar-refractivity contribution in [2.75, 3.05) is 32.6 Å². The van der Waals surface area contributed by atoms with Gasteiger partial charge in [-0.2, -0.15) is 0 Å². The van der Waals surface area contributed by atoms with Crippen molar-refractivity contribution < 1.29 is 8.42 Å². The second-order valence-corrected chi connectivity index (χ2v) is 7.64. The predicted molar refractivity (Wildman–Crippen MR) is 104 cm³/mol. The number of guanidine groups is 1. The maximum Gasteiger partial charge on any atom is 0.193 e. The Labute approximate surface area is 155 Å². The summed E-state index contributed by atoms with van der Waals surface area (Å²) in [6.45, 7) is 1.27. The number of halogens is 2. The van der Waals surface area contributed by atoms with Gasteiger partial charge in [-0.3, -0.25) is 4.99 Å². The van der Waals surface area contributed by atoms with Crippen molar-refractivity contribution in [3.8, 4) is 0 Å². The molecule has 0 unspecified atom stereocenters. The maximum absolute atomic E-state index is 11.1. The number of hydrogen-bond acceptors (Lipinski definition) is 3. The largest absolute Gasteiger partial charge is 0.356 e. The van der Waals surface area contributed by atoms with Crippen LogP contribution < -0.4 is 5.32 Å². The molecule has 0 aromatic heterocycles. The van der Waals surface area contributed by atoms with Gasteiger partial charge in [-0.25, -0.2) is 8.42 Å². The van der Waals surface area contributed by atoms with E-state index in [4.69, 9.17) is 11.6 Å². The molecule has 0 heterocycles. The SMILES string of the molecule is CN=C(NCCCS(C)(=O)=O)N(C)Cc1ccc(Cl)cc1.I. The molecule has 0 radical (unpaired) electrons. The van der Waals surface area contributed by atoms with Crippen molar-refractivity contribution in [3.63, 3.8) is 0 Å². The van der Waals surface area contributed by atoms with E-state index in [0.717, 1.165) is 11.5 Å². The molecule has 0 bridgehead atoms. The highest BCUT2D eigenvalue weighted by molar-refractivity contribution is 14.0. The van der Waals surface area contributed by atoms with Crippen molar-refractivity contribution in [1.82, 2.24) is 10.2 Å². The Bertz CT molecular complexity index is 576. The van der Waals surface area contributed by atoms with Crippen molar-refractivity contribution in [3.05, 3.63) is 34.9 Å². The minimum Gasteiger partial charge on any atom is -0.356 e. The first kappa shape index (κ1) is 21.5. The molecule has 0 aliphatic heterocycles. The van der Waals surface area contributed by atoms with E-state index in [-0.39, 0.29) is 29.7 Å². The molecule has 0 saturated heterocycles. The summed E-state index contributed by atoms with van der Waals surface area (Å²) in [5.74, 6) is 0.913. The van der Waals surface area contributed by atoms with Gasteiger partial charge in [0.05, 0.1) is 5.75 Å². The van der Waals surface area contributed by atoms with Crippen LogP contribution >= 0.6 is 35.6 Å². The molecule has 0 aliphatic rings. The van der Waals surface area contributed by atoms with E-state index in [1.54, 1.807) is 7.05 Å². The monoisotopic (exact) mass is 459 g/mol. The molecular formula is C14H23ClIN3O2S. The predicted octanol–water partition coefficient (Wildman–Crippen LogP) is 2.40. The zero-order valence-corrected chi connectivity index (χ0v) is 16.9. The average Bonchev–Trinajstić information content (AvgIpc) is 2.40. The van der Waals surface area contributed by atoms with Gasteiger partial charge in [0, 0.05) is 38.5 Å². The first-order valence-corrected chi connectivity index (χ1v) is 9.09. The van der Waals surface area contributed by atoms with E-state index in [0.29, 0.717) is 24.5 Å². The van der Waals surface area contributed by atoms with Gasteiger partial charge in [-0.15, -0.1) is 24.0 Å². The van der Waals surface area contributed by atoms with Crippen LogP contribution in [0.3, 0.4) is 0 Å². The van der Waals surface area contributed by atoms with E-state index < -0.39 is 9.84 Å². The Morgan fingerprint density at radius 3 is 2.41 bits per heavy atom. The molecular weight excluding hydrogens is 437 g/mol. The van der Waals surface area contributed by atoms with Gasteiger partial charge in [-0.05, 0) is 24.1 Å². The molecule has 22 heavy (non-hydrogen) atoms.